The molecule has 2 N–H and O–H groups in total. The number of amides is 1. The van der Waals surface area contributed by atoms with E-state index >= 15 is 0 Å². The highest BCUT2D eigenvalue weighted by molar-refractivity contribution is 5.78. The van der Waals surface area contributed by atoms with Crippen LogP contribution in [0.4, 0.5) is 0 Å². The molecule has 2 aliphatic carbocycles. The fraction of sp³-hybridized carbons (Fsp3) is 0.938. The summed E-state index contributed by atoms with van der Waals surface area (Å²) in [5.74, 6) is 1.04. The molecule has 2 saturated carbocycles. The van der Waals surface area contributed by atoms with Gasteiger partial charge in [-0.2, -0.15) is 4.91 Å². The summed E-state index contributed by atoms with van der Waals surface area (Å²) in [5.41, 5.74) is 5.60. The molecule has 21 heavy (non-hydrogen) atoms. The van der Waals surface area contributed by atoms with Crippen molar-refractivity contribution in [2.24, 2.45) is 17.0 Å². The Labute approximate surface area is 127 Å². The molecule has 1 amide bonds. The first-order valence-corrected chi connectivity index (χ1v) is 8.27. The van der Waals surface area contributed by atoms with E-state index in [0.29, 0.717) is 0 Å². The highest BCUT2D eigenvalue weighted by atomic mass is 16.3. The van der Waals surface area contributed by atoms with E-state index in [2.05, 4.69) is 29.9 Å². The smallest absolute Gasteiger partial charge is 0.237 e. The minimum Gasteiger partial charge on any atom is -0.291 e. The van der Waals surface area contributed by atoms with Gasteiger partial charge in [0.05, 0.1) is 5.54 Å². The molecular weight excluding hydrogens is 266 g/mol. The van der Waals surface area contributed by atoms with Gasteiger partial charge in [0.25, 0.3) is 0 Å². The first-order valence-electron chi connectivity index (χ1n) is 8.27. The van der Waals surface area contributed by atoms with Crippen molar-refractivity contribution in [3.8, 4) is 0 Å². The fourth-order valence-electron chi connectivity index (χ4n) is 3.39. The summed E-state index contributed by atoms with van der Waals surface area (Å²) in [6, 6.07) is 0. The van der Waals surface area contributed by atoms with E-state index in [-0.39, 0.29) is 17.4 Å². The van der Waals surface area contributed by atoms with Crippen LogP contribution in [0.1, 0.15) is 72.1 Å². The van der Waals surface area contributed by atoms with Crippen LogP contribution in [0.15, 0.2) is 5.18 Å². The van der Waals surface area contributed by atoms with Gasteiger partial charge in [-0.15, -0.1) is 0 Å². The van der Waals surface area contributed by atoms with Crippen LogP contribution in [0.3, 0.4) is 0 Å². The third-order valence-corrected chi connectivity index (χ3v) is 5.53. The van der Waals surface area contributed by atoms with Gasteiger partial charge in [-0.25, -0.2) is 5.43 Å². The Kier molecular flexibility index (Phi) is 5.02. The molecule has 5 heteroatoms. The maximum Gasteiger partial charge on any atom is 0.237 e. The molecule has 0 aromatic heterocycles. The van der Waals surface area contributed by atoms with E-state index in [4.69, 9.17) is 0 Å². The molecule has 5 nitrogen and oxygen atoms in total. The van der Waals surface area contributed by atoms with Crippen molar-refractivity contribution in [1.82, 2.24) is 10.9 Å². The zero-order chi connectivity index (χ0) is 15.5. The Hall–Kier alpha value is -0.970. The number of hydrazine groups is 1. The zero-order valence-corrected chi connectivity index (χ0v) is 13.6. The summed E-state index contributed by atoms with van der Waals surface area (Å²) in [4.78, 5) is 23.1. The number of carbonyl (C=O) groups is 1. The lowest BCUT2D eigenvalue weighted by molar-refractivity contribution is -0.128. The van der Waals surface area contributed by atoms with Crippen LogP contribution in [-0.2, 0) is 4.79 Å². The number of nitrogens with one attached hydrogen (secondary N) is 2. The van der Waals surface area contributed by atoms with Crippen LogP contribution >= 0.6 is 0 Å². The van der Waals surface area contributed by atoms with Gasteiger partial charge >= 0.3 is 0 Å². The van der Waals surface area contributed by atoms with Gasteiger partial charge in [0.15, 0.2) is 0 Å². The van der Waals surface area contributed by atoms with E-state index < -0.39 is 5.54 Å². The number of hydrogen-bond donors (Lipinski definition) is 2. The van der Waals surface area contributed by atoms with Crippen LogP contribution in [-0.4, -0.2) is 17.0 Å². The van der Waals surface area contributed by atoms with Crippen LogP contribution in [0.2, 0.25) is 0 Å². The summed E-state index contributed by atoms with van der Waals surface area (Å²) >= 11 is 0. The quantitative estimate of drug-likeness (QED) is 0.617. The molecule has 120 valence electrons. The van der Waals surface area contributed by atoms with E-state index in [1.54, 1.807) is 0 Å². The Morgan fingerprint density at radius 1 is 1.05 bits per heavy atom. The Morgan fingerprint density at radius 3 is 2.14 bits per heavy atom. The van der Waals surface area contributed by atoms with E-state index in [1.165, 1.54) is 0 Å². The molecule has 0 aromatic carbocycles. The molecular formula is C16H29N3O2. The summed E-state index contributed by atoms with van der Waals surface area (Å²) in [6.45, 7) is 6.29. The third-order valence-electron chi connectivity index (χ3n) is 5.53. The van der Waals surface area contributed by atoms with Gasteiger partial charge < -0.3 is 0 Å². The minimum absolute atomic E-state index is 0.123. The van der Waals surface area contributed by atoms with Gasteiger partial charge in [-0.05, 0) is 71.1 Å². The second-order valence-corrected chi connectivity index (χ2v) is 7.72. The SMILES string of the molecule is CC1CCC(C(=O)NNC2(C)CCC(C)(N=O)CC2)CC1. The minimum atomic E-state index is -0.426. The van der Waals surface area contributed by atoms with Gasteiger partial charge in [-0.3, -0.25) is 10.2 Å². The van der Waals surface area contributed by atoms with Crippen molar-refractivity contribution >= 4 is 5.91 Å². The second-order valence-electron chi connectivity index (χ2n) is 7.72. The Balaban J connectivity index is 1.77. The Bertz CT molecular complexity index is 381. The van der Waals surface area contributed by atoms with Crippen molar-refractivity contribution in [3.63, 3.8) is 0 Å². The average molecular weight is 295 g/mol. The number of nitroso groups, excluding NO2 is 1. The maximum atomic E-state index is 12.2. The fourth-order valence-corrected chi connectivity index (χ4v) is 3.39. The predicted octanol–water partition coefficient (Wildman–Crippen LogP) is 3.29. The molecule has 0 spiro atoms. The molecule has 0 bridgehead atoms. The first kappa shape index (κ1) is 16.4. The van der Waals surface area contributed by atoms with Crippen molar-refractivity contribution < 1.29 is 4.79 Å². The van der Waals surface area contributed by atoms with E-state index in [1.807, 2.05) is 6.92 Å². The van der Waals surface area contributed by atoms with Gasteiger partial charge in [0.2, 0.25) is 5.91 Å². The molecule has 0 radical (unpaired) electrons. The third kappa shape index (κ3) is 4.25. The summed E-state index contributed by atoms with van der Waals surface area (Å²) in [6.07, 6.45) is 7.57. The van der Waals surface area contributed by atoms with Crippen LogP contribution in [0.5, 0.6) is 0 Å². The predicted molar refractivity (Wildman–Crippen MR) is 83.5 cm³/mol. The molecule has 0 atom stereocenters. The molecule has 0 aromatic rings. The van der Waals surface area contributed by atoms with Crippen molar-refractivity contribution in [1.29, 1.82) is 0 Å². The lowest BCUT2D eigenvalue weighted by Crippen LogP contribution is -2.56. The zero-order valence-electron chi connectivity index (χ0n) is 13.6. The molecule has 2 rings (SSSR count). The Morgan fingerprint density at radius 2 is 1.62 bits per heavy atom. The highest BCUT2D eigenvalue weighted by Gasteiger charge is 2.39. The van der Waals surface area contributed by atoms with E-state index in [9.17, 15) is 9.70 Å². The topological polar surface area (TPSA) is 70.6 Å². The standard InChI is InChI=1S/C16H29N3O2/c1-12-4-6-13(7-5-12)14(20)17-18-15(2)8-10-16(3,19-21)11-9-15/h12-13,18H,4-11H2,1-3H3,(H,17,20). The molecule has 0 heterocycles. The first-order chi connectivity index (χ1) is 9.86. The molecule has 2 aliphatic rings. The molecule has 2 fully saturated rings. The monoisotopic (exact) mass is 295 g/mol. The van der Waals surface area contributed by atoms with Gasteiger partial charge in [0, 0.05) is 11.5 Å². The number of rotatable bonds is 4. The molecule has 0 saturated heterocycles. The maximum absolute atomic E-state index is 12.2. The van der Waals surface area contributed by atoms with Gasteiger partial charge in [0.1, 0.15) is 0 Å². The highest BCUT2D eigenvalue weighted by Crippen LogP contribution is 2.36. The van der Waals surface area contributed by atoms with Crippen LogP contribution in [0, 0.1) is 16.7 Å². The van der Waals surface area contributed by atoms with Crippen molar-refractivity contribution in [3.05, 3.63) is 4.91 Å². The summed E-state index contributed by atoms with van der Waals surface area (Å²) < 4.78 is 0. The normalized spacial score (nSPS) is 40.5. The lowest BCUT2D eigenvalue weighted by atomic mass is 9.75. The largest absolute Gasteiger partial charge is 0.291 e. The van der Waals surface area contributed by atoms with Crippen molar-refractivity contribution in [2.45, 2.75) is 83.2 Å². The van der Waals surface area contributed by atoms with E-state index in [0.717, 1.165) is 57.3 Å². The van der Waals surface area contributed by atoms with Gasteiger partial charge in [-0.1, -0.05) is 12.1 Å². The molecule has 0 aliphatic heterocycles. The average Bonchev–Trinajstić information content (AvgIpc) is 2.49. The lowest BCUT2D eigenvalue weighted by Gasteiger charge is -2.40. The summed E-state index contributed by atoms with van der Waals surface area (Å²) in [5, 5.41) is 3.26. The summed E-state index contributed by atoms with van der Waals surface area (Å²) in [7, 11) is 0. The molecule has 0 unspecified atom stereocenters. The number of hydrogen-bond acceptors (Lipinski definition) is 4. The number of carbonyl (C=O) groups excluding carboxylic acids is 1. The number of nitrogens with zero attached hydrogens (tertiary/aromatic N) is 1. The van der Waals surface area contributed by atoms with Crippen LogP contribution < -0.4 is 10.9 Å². The second kappa shape index (κ2) is 6.42. The van der Waals surface area contributed by atoms with Crippen LogP contribution in [0.25, 0.3) is 0 Å². The van der Waals surface area contributed by atoms with Crippen molar-refractivity contribution in [2.75, 3.05) is 0 Å².